The maximum Gasteiger partial charge on any atom is 0.212 e. The molecule has 7 nitrogen and oxygen atoms in total. The highest BCUT2D eigenvalue weighted by Gasteiger charge is 2.33. The van der Waals surface area contributed by atoms with E-state index in [4.69, 9.17) is 4.74 Å². The fourth-order valence-electron chi connectivity index (χ4n) is 2.84. The Morgan fingerprint density at radius 1 is 1.29 bits per heavy atom. The lowest BCUT2D eigenvalue weighted by atomic mass is 10.2. The van der Waals surface area contributed by atoms with E-state index in [1.807, 2.05) is 6.07 Å². The molecule has 2 aliphatic rings. The van der Waals surface area contributed by atoms with E-state index >= 15 is 0 Å². The van der Waals surface area contributed by atoms with Gasteiger partial charge in [-0.25, -0.2) is 18.4 Å². The summed E-state index contributed by atoms with van der Waals surface area (Å²) in [7, 11) is -3.30. The largest absolute Gasteiger partial charge is 0.378 e. The smallest absolute Gasteiger partial charge is 0.212 e. The second-order valence-electron chi connectivity index (χ2n) is 5.43. The fraction of sp³-hybridized carbons (Fsp3) is 0.692. The van der Waals surface area contributed by atoms with Gasteiger partial charge in [-0.15, -0.1) is 0 Å². The highest BCUT2D eigenvalue weighted by molar-refractivity contribution is 7.88. The maximum absolute atomic E-state index is 11.9. The Labute approximate surface area is 125 Å². The minimum atomic E-state index is -3.30. The van der Waals surface area contributed by atoms with Crippen LogP contribution in [0.2, 0.25) is 0 Å². The molecule has 8 heteroatoms. The van der Waals surface area contributed by atoms with Crippen molar-refractivity contribution in [2.75, 3.05) is 44.0 Å². The molecule has 2 saturated heterocycles. The number of sulfonamides is 1. The molecular weight excluding hydrogens is 292 g/mol. The van der Waals surface area contributed by atoms with Gasteiger partial charge >= 0.3 is 0 Å². The molecule has 0 spiro atoms. The van der Waals surface area contributed by atoms with E-state index in [0.717, 1.165) is 18.9 Å². The number of hydrogen-bond acceptors (Lipinski definition) is 6. The zero-order valence-electron chi connectivity index (χ0n) is 12.1. The highest BCUT2D eigenvalue weighted by atomic mass is 32.2. The molecule has 2 fully saturated rings. The van der Waals surface area contributed by atoms with Crippen LogP contribution in [0.15, 0.2) is 12.3 Å². The van der Waals surface area contributed by atoms with E-state index in [9.17, 15) is 8.42 Å². The van der Waals surface area contributed by atoms with Crippen molar-refractivity contribution in [3.63, 3.8) is 0 Å². The van der Waals surface area contributed by atoms with Crippen LogP contribution in [0, 0.1) is 0 Å². The van der Waals surface area contributed by atoms with Crippen molar-refractivity contribution in [3.8, 4) is 0 Å². The number of morpholine rings is 1. The molecule has 2 aliphatic heterocycles. The molecule has 0 aromatic carbocycles. The summed E-state index contributed by atoms with van der Waals surface area (Å²) in [5.74, 6) is 1.39. The normalized spacial score (nSPS) is 24.4. The van der Waals surface area contributed by atoms with Gasteiger partial charge < -0.3 is 9.64 Å². The Hall–Kier alpha value is -1.25. The molecule has 116 valence electrons. The van der Waals surface area contributed by atoms with Crippen LogP contribution in [0.3, 0.4) is 0 Å². The highest BCUT2D eigenvalue weighted by Crippen LogP contribution is 2.26. The molecule has 1 aromatic rings. The Morgan fingerprint density at radius 2 is 2.05 bits per heavy atom. The molecule has 0 N–H and O–H groups in total. The van der Waals surface area contributed by atoms with Crippen LogP contribution in [0.1, 0.15) is 24.7 Å². The van der Waals surface area contributed by atoms with Crippen LogP contribution in [0.4, 0.5) is 5.82 Å². The lowest BCUT2D eigenvalue weighted by Crippen LogP contribution is -2.43. The zero-order valence-corrected chi connectivity index (χ0v) is 12.9. The lowest BCUT2D eigenvalue weighted by molar-refractivity contribution is 0.0293. The summed E-state index contributed by atoms with van der Waals surface area (Å²) in [6.07, 6.45) is 5.25. The topological polar surface area (TPSA) is 75.6 Å². The molecule has 3 rings (SSSR count). The van der Waals surface area contributed by atoms with Gasteiger partial charge in [0.05, 0.1) is 19.5 Å². The second-order valence-corrected chi connectivity index (χ2v) is 7.37. The van der Waals surface area contributed by atoms with Crippen LogP contribution in [-0.2, 0) is 14.8 Å². The van der Waals surface area contributed by atoms with Gasteiger partial charge in [0.25, 0.3) is 0 Å². The molecule has 0 unspecified atom stereocenters. The summed E-state index contributed by atoms with van der Waals surface area (Å²) in [6, 6.07) is 1.44. The SMILES string of the molecule is CS(=O)(=O)N1CCOC[C@H]1c1nccc(N2CCCC2)n1. The van der Waals surface area contributed by atoms with Gasteiger partial charge in [-0.05, 0) is 18.9 Å². The van der Waals surface area contributed by atoms with E-state index in [0.29, 0.717) is 25.6 Å². The predicted octanol–water partition coefficient (Wildman–Crippen LogP) is 0.410. The third-order valence-corrected chi connectivity index (χ3v) is 5.18. The van der Waals surface area contributed by atoms with Crippen LogP contribution < -0.4 is 4.90 Å². The fourth-order valence-corrected chi connectivity index (χ4v) is 3.86. The van der Waals surface area contributed by atoms with Gasteiger partial charge in [0.2, 0.25) is 10.0 Å². The summed E-state index contributed by atoms with van der Waals surface area (Å²) in [5.41, 5.74) is 0. The van der Waals surface area contributed by atoms with Crippen LogP contribution in [0.5, 0.6) is 0 Å². The summed E-state index contributed by atoms with van der Waals surface area (Å²) in [5, 5.41) is 0. The van der Waals surface area contributed by atoms with Crippen LogP contribution in [-0.4, -0.2) is 61.8 Å². The molecule has 0 bridgehead atoms. The Kier molecular flexibility index (Phi) is 4.10. The van der Waals surface area contributed by atoms with Crippen molar-refractivity contribution < 1.29 is 13.2 Å². The van der Waals surface area contributed by atoms with Crippen LogP contribution >= 0.6 is 0 Å². The van der Waals surface area contributed by atoms with Gasteiger partial charge in [0.1, 0.15) is 11.9 Å². The molecule has 0 saturated carbocycles. The third kappa shape index (κ3) is 3.17. The standard InChI is InChI=1S/C13H20N4O3S/c1-21(18,19)17-8-9-20-10-11(17)13-14-5-4-12(15-13)16-6-2-3-7-16/h4-5,11H,2-3,6-10H2,1H3/t11-/m0/s1. The van der Waals surface area contributed by atoms with E-state index in [1.54, 1.807) is 6.20 Å². The molecule has 0 amide bonds. The summed E-state index contributed by atoms with van der Waals surface area (Å²) >= 11 is 0. The number of anilines is 1. The van der Waals surface area contributed by atoms with Gasteiger partial charge in [0.15, 0.2) is 5.82 Å². The summed E-state index contributed by atoms with van der Waals surface area (Å²) in [6.45, 7) is 3.05. The van der Waals surface area contributed by atoms with Crippen molar-refractivity contribution in [3.05, 3.63) is 18.1 Å². The molecular formula is C13H20N4O3S. The minimum Gasteiger partial charge on any atom is -0.378 e. The summed E-state index contributed by atoms with van der Waals surface area (Å²) in [4.78, 5) is 11.1. The Balaban J connectivity index is 1.89. The van der Waals surface area contributed by atoms with Crippen molar-refractivity contribution in [1.29, 1.82) is 0 Å². The number of rotatable bonds is 3. The van der Waals surface area contributed by atoms with Gasteiger partial charge in [0, 0.05) is 25.8 Å². The Morgan fingerprint density at radius 3 is 2.76 bits per heavy atom. The molecule has 1 atom stereocenters. The monoisotopic (exact) mass is 312 g/mol. The number of aromatic nitrogens is 2. The summed E-state index contributed by atoms with van der Waals surface area (Å²) < 4.78 is 30.7. The molecule has 0 radical (unpaired) electrons. The average Bonchev–Trinajstić information content (AvgIpc) is 3.01. The molecule has 1 aromatic heterocycles. The van der Waals surface area contributed by atoms with E-state index in [2.05, 4.69) is 14.9 Å². The van der Waals surface area contributed by atoms with Crippen molar-refractivity contribution in [1.82, 2.24) is 14.3 Å². The molecule has 3 heterocycles. The van der Waals surface area contributed by atoms with Crippen molar-refractivity contribution >= 4 is 15.8 Å². The first kappa shape index (κ1) is 14.7. The average molecular weight is 312 g/mol. The predicted molar refractivity (Wildman–Crippen MR) is 78.6 cm³/mol. The van der Waals surface area contributed by atoms with Crippen molar-refractivity contribution in [2.24, 2.45) is 0 Å². The molecule has 0 aliphatic carbocycles. The number of ether oxygens (including phenoxy) is 1. The number of nitrogens with zero attached hydrogens (tertiary/aromatic N) is 4. The first-order valence-corrected chi connectivity index (χ1v) is 9.03. The quantitative estimate of drug-likeness (QED) is 0.805. The minimum absolute atomic E-state index is 0.302. The van der Waals surface area contributed by atoms with Gasteiger partial charge in [-0.1, -0.05) is 0 Å². The van der Waals surface area contributed by atoms with Gasteiger partial charge in [-0.3, -0.25) is 0 Å². The first-order valence-electron chi connectivity index (χ1n) is 7.18. The first-order chi connectivity index (χ1) is 10.1. The van der Waals surface area contributed by atoms with E-state index < -0.39 is 16.1 Å². The molecule has 21 heavy (non-hydrogen) atoms. The third-order valence-electron chi connectivity index (χ3n) is 3.89. The zero-order chi connectivity index (χ0) is 14.9. The second kappa shape index (κ2) is 5.86. The Bertz CT molecular complexity index is 601. The number of hydrogen-bond donors (Lipinski definition) is 0. The van der Waals surface area contributed by atoms with Crippen LogP contribution in [0.25, 0.3) is 0 Å². The lowest BCUT2D eigenvalue weighted by Gasteiger charge is -2.32. The van der Waals surface area contributed by atoms with Crippen molar-refractivity contribution in [2.45, 2.75) is 18.9 Å². The van der Waals surface area contributed by atoms with E-state index in [1.165, 1.54) is 23.4 Å². The van der Waals surface area contributed by atoms with Gasteiger partial charge in [-0.2, -0.15) is 4.31 Å². The van der Waals surface area contributed by atoms with E-state index in [-0.39, 0.29) is 0 Å². The maximum atomic E-state index is 11.9.